The molecule has 1 aliphatic rings. The van der Waals surface area contributed by atoms with Gasteiger partial charge in [-0.3, -0.25) is 0 Å². The smallest absolute Gasteiger partial charge is 0.410 e. The fourth-order valence-corrected chi connectivity index (χ4v) is 2.20. The molecule has 0 N–H and O–H groups in total. The van der Waals surface area contributed by atoms with Crippen molar-refractivity contribution >= 4 is 12.0 Å². The molecule has 2 heterocycles. The highest BCUT2D eigenvalue weighted by molar-refractivity contribution is 5.68. The van der Waals surface area contributed by atoms with Crippen molar-refractivity contribution in [3.8, 4) is 0 Å². The van der Waals surface area contributed by atoms with E-state index in [2.05, 4.69) is 9.97 Å². The number of hydrogen-bond donors (Lipinski definition) is 0. The summed E-state index contributed by atoms with van der Waals surface area (Å²) in [6.45, 7) is 9.15. The van der Waals surface area contributed by atoms with Gasteiger partial charge in [-0.25, -0.2) is 19.2 Å². The Morgan fingerprint density at radius 3 is 2.48 bits per heavy atom. The molecule has 1 atom stereocenters. The van der Waals surface area contributed by atoms with Crippen LogP contribution < -0.4 is 4.90 Å². The van der Waals surface area contributed by atoms with Crippen LogP contribution in [0.1, 0.15) is 27.7 Å². The van der Waals surface area contributed by atoms with Crippen LogP contribution in [-0.4, -0.2) is 52.2 Å². The molecule has 116 valence electrons. The minimum absolute atomic E-state index is 0.0386. The van der Waals surface area contributed by atoms with E-state index in [1.54, 1.807) is 4.90 Å². The number of anilines is 1. The number of carbonyl (C=O) groups is 1. The first-order valence-electron chi connectivity index (χ1n) is 6.98. The maximum absolute atomic E-state index is 12.9. The fourth-order valence-electron chi connectivity index (χ4n) is 2.20. The third kappa shape index (κ3) is 4.03. The molecule has 0 aromatic carbocycles. The Bertz CT molecular complexity index is 501. The van der Waals surface area contributed by atoms with E-state index in [0.717, 1.165) is 12.4 Å². The van der Waals surface area contributed by atoms with Gasteiger partial charge >= 0.3 is 6.09 Å². The first-order valence-corrected chi connectivity index (χ1v) is 6.98. The summed E-state index contributed by atoms with van der Waals surface area (Å²) in [4.78, 5) is 23.7. The molecule has 1 saturated heterocycles. The summed E-state index contributed by atoms with van der Waals surface area (Å²) in [5.41, 5.74) is -0.502. The van der Waals surface area contributed by atoms with Crippen LogP contribution in [0.25, 0.3) is 0 Å². The number of carbonyl (C=O) groups excluding carboxylic acids is 1. The molecule has 1 aromatic heterocycles. The lowest BCUT2D eigenvalue weighted by atomic mass is 10.2. The van der Waals surface area contributed by atoms with E-state index in [0.29, 0.717) is 25.6 Å². The van der Waals surface area contributed by atoms with Crippen molar-refractivity contribution in [2.75, 3.05) is 24.5 Å². The van der Waals surface area contributed by atoms with Crippen LogP contribution in [0, 0.1) is 5.82 Å². The predicted molar refractivity (Wildman–Crippen MR) is 76.6 cm³/mol. The number of aromatic nitrogens is 2. The summed E-state index contributed by atoms with van der Waals surface area (Å²) in [5, 5.41) is 0. The molecule has 0 radical (unpaired) electrons. The van der Waals surface area contributed by atoms with Gasteiger partial charge in [-0.2, -0.15) is 0 Å². The molecule has 0 saturated carbocycles. The molecule has 2 rings (SSSR count). The zero-order chi connectivity index (χ0) is 15.6. The van der Waals surface area contributed by atoms with E-state index in [9.17, 15) is 9.18 Å². The molecular weight excluding hydrogens is 275 g/mol. The van der Waals surface area contributed by atoms with E-state index in [-0.39, 0.29) is 12.1 Å². The second kappa shape index (κ2) is 5.83. The lowest BCUT2D eigenvalue weighted by molar-refractivity contribution is 0.0218. The predicted octanol–water partition coefficient (Wildman–Crippen LogP) is 2.06. The third-order valence-corrected chi connectivity index (χ3v) is 3.14. The molecule has 0 aliphatic carbocycles. The average Bonchev–Trinajstić information content (AvgIpc) is 2.38. The molecule has 21 heavy (non-hydrogen) atoms. The summed E-state index contributed by atoms with van der Waals surface area (Å²) >= 11 is 0. The highest BCUT2D eigenvalue weighted by Crippen LogP contribution is 2.18. The van der Waals surface area contributed by atoms with Crippen LogP contribution in [0.2, 0.25) is 0 Å². The lowest BCUT2D eigenvalue weighted by Crippen LogP contribution is -2.55. The number of rotatable bonds is 1. The molecule has 7 heteroatoms. The Hall–Kier alpha value is -1.92. The van der Waals surface area contributed by atoms with Crippen LogP contribution in [0.5, 0.6) is 0 Å². The van der Waals surface area contributed by atoms with Crippen LogP contribution in [-0.2, 0) is 4.74 Å². The van der Waals surface area contributed by atoms with Gasteiger partial charge < -0.3 is 14.5 Å². The number of halogens is 1. The highest BCUT2D eigenvalue weighted by Gasteiger charge is 2.30. The second-order valence-electron chi connectivity index (χ2n) is 6.17. The summed E-state index contributed by atoms with van der Waals surface area (Å²) in [7, 11) is 0. The van der Waals surface area contributed by atoms with Gasteiger partial charge in [0, 0.05) is 25.7 Å². The van der Waals surface area contributed by atoms with Gasteiger partial charge in [-0.15, -0.1) is 0 Å². The van der Waals surface area contributed by atoms with Crippen molar-refractivity contribution in [1.82, 2.24) is 14.9 Å². The molecule has 1 fully saturated rings. The first kappa shape index (κ1) is 15.5. The number of hydrogen-bond acceptors (Lipinski definition) is 5. The van der Waals surface area contributed by atoms with E-state index in [1.165, 1.54) is 0 Å². The van der Waals surface area contributed by atoms with Crippen LogP contribution >= 0.6 is 0 Å². The molecule has 1 aromatic rings. The van der Waals surface area contributed by atoms with E-state index in [4.69, 9.17) is 4.74 Å². The zero-order valence-corrected chi connectivity index (χ0v) is 12.8. The Morgan fingerprint density at radius 2 is 1.95 bits per heavy atom. The summed E-state index contributed by atoms with van der Waals surface area (Å²) in [5.74, 6) is 0.0199. The lowest BCUT2D eigenvalue weighted by Gasteiger charge is -2.40. The van der Waals surface area contributed by atoms with Crippen molar-refractivity contribution in [2.45, 2.75) is 39.3 Å². The van der Waals surface area contributed by atoms with Crippen molar-refractivity contribution in [3.63, 3.8) is 0 Å². The quantitative estimate of drug-likeness (QED) is 0.794. The van der Waals surface area contributed by atoms with Gasteiger partial charge in [0.15, 0.2) is 5.82 Å². The largest absolute Gasteiger partial charge is 0.444 e. The van der Waals surface area contributed by atoms with Crippen LogP contribution in [0.15, 0.2) is 12.4 Å². The van der Waals surface area contributed by atoms with Crippen molar-refractivity contribution < 1.29 is 13.9 Å². The number of piperazine rings is 1. The SMILES string of the molecule is C[C@H]1CN(C(=O)OC(C)(C)C)CCN1c1ncc(F)cn1. The van der Waals surface area contributed by atoms with Crippen molar-refractivity contribution in [1.29, 1.82) is 0 Å². The molecule has 1 amide bonds. The van der Waals surface area contributed by atoms with Crippen molar-refractivity contribution in [2.24, 2.45) is 0 Å². The number of nitrogens with zero attached hydrogens (tertiary/aromatic N) is 4. The van der Waals surface area contributed by atoms with Crippen LogP contribution in [0.3, 0.4) is 0 Å². The fraction of sp³-hybridized carbons (Fsp3) is 0.643. The van der Waals surface area contributed by atoms with Gasteiger partial charge in [0.1, 0.15) is 5.60 Å². The molecule has 0 bridgehead atoms. The Morgan fingerprint density at radius 1 is 1.33 bits per heavy atom. The Balaban J connectivity index is 1.99. The number of ether oxygens (including phenoxy) is 1. The minimum atomic E-state index is -0.502. The summed E-state index contributed by atoms with van der Waals surface area (Å²) in [6.07, 6.45) is 1.99. The topological polar surface area (TPSA) is 58.6 Å². The van der Waals surface area contributed by atoms with E-state index >= 15 is 0 Å². The van der Waals surface area contributed by atoms with Gasteiger partial charge in [0.05, 0.1) is 12.4 Å². The monoisotopic (exact) mass is 296 g/mol. The van der Waals surface area contributed by atoms with Crippen molar-refractivity contribution in [3.05, 3.63) is 18.2 Å². The maximum atomic E-state index is 12.9. The van der Waals surface area contributed by atoms with Gasteiger partial charge in [0.25, 0.3) is 0 Å². The Kier molecular flexibility index (Phi) is 4.29. The van der Waals surface area contributed by atoms with Gasteiger partial charge in [0.2, 0.25) is 5.95 Å². The molecule has 1 aliphatic heterocycles. The summed E-state index contributed by atoms with van der Waals surface area (Å²) in [6, 6.07) is 0.0386. The number of amides is 1. The third-order valence-electron chi connectivity index (χ3n) is 3.14. The van der Waals surface area contributed by atoms with Crippen LogP contribution in [0.4, 0.5) is 15.1 Å². The van der Waals surface area contributed by atoms with Gasteiger partial charge in [-0.1, -0.05) is 0 Å². The van der Waals surface area contributed by atoms with E-state index < -0.39 is 11.4 Å². The molecule has 0 unspecified atom stereocenters. The summed E-state index contributed by atoms with van der Waals surface area (Å²) < 4.78 is 18.2. The second-order valence-corrected chi connectivity index (χ2v) is 6.17. The minimum Gasteiger partial charge on any atom is -0.444 e. The highest BCUT2D eigenvalue weighted by atomic mass is 19.1. The molecule has 0 spiro atoms. The average molecular weight is 296 g/mol. The molecular formula is C14H21FN4O2. The maximum Gasteiger partial charge on any atom is 0.410 e. The molecule has 6 nitrogen and oxygen atoms in total. The van der Waals surface area contributed by atoms with Gasteiger partial charge in [-0.05, 0) is 27.7 Å². The normalized spacial score (nSPS) is 19.6. The Labute approximate surface area is 123 Å². The first-order chi connectivity index (χ1) is 9.76. The standard InChI is InChI=1S/C14H21FN4O2/c1-10-9-18(13(20)21-14(2,3)4)5-6-19(10)12-16-7-11(15)8-17-12/h7-8,10H,5-6,9H2,1-4H3/t10-/m0/s1. The van der Waals surface area contributed by atoms with E-state index in [1.807, 2.05) is 32.6 Å². The zero-order valence-electron chi connectivity index (χ0n) is 12.8.